The SMILES string of the molecule is CC.CCNc1cccc(-c2csc(-c3sc(Nc4cc(OC)c(OS)c(OS)c4)nc3N)n2)c1. The van der Waals surface area contributed by atoms with Crippen LogP contribution >= 0.6 is 48.5 Å². The van der Waals surface area contributed by atoms with Gasteiger partial charge in [-0.1, -0.05) is 37.3 Å². The summed E-state index contributed by atoms with van der Waals surface area (Å²) in [5.41, 5.74) is 9.86. The lowest BCUT2D eigenvalue weighted by atomic mass is 10.1. The van der Waals surface area contributed by atoms with Crippen molar-refractivity contribution >= 4 is 70.8 Å². The molecule has 4 rings (SSSR count). The minimum absolute atomic E-state index is 0.314. The molecule has 2 heterocycles. The van der Waals surface area contributed by atoms with Crippen molar-refractivity contribution in [2.24, 2.45) is 0 Å². The number of nitrogens with two attached hydrogens (primary N) is 1. The molecule has 0 radical (unpaired) electrons. The maximum Gasteiger partial charge on any atom is 0.222 e. The van der Waals surface area contributed by atoms with Crippen molar-refractivity contribution in [2.45, 2.75) is 20.8 Å². The largest absolute Gasteiger partial charge is 0.493 e. The van der Waals surface area contributed by atoms with E-state index in [4.69, 9.17) is 23.8 Å². The Morgan fingerprint density at radius 3 is 2.49 bits per heavy atom. The quantitative estimate of drug-likeness (QED) is 0.111. The molecule has 12 heteroatoms. The summed E-state index contributed by atoms with van der Waals surface area (Å²) in [7, 11) is 1.52. The third-order valence-electron chi connectivity index (χ3n) is 4.57. The van der Waals surface area contributed by atoms with Crippen molar-refractivity contribution in [1.82, 2.24) is 9.97 Å². The van der Waals surface area contributed by atoms with Crippen molar-refractivity contribution < 1.29 is 13.1 Å². The van der Waals surface area contributed by atoms with E-state index in [2.05, 4.69) is 54.4 Å². The Bertz CT molecular complexity index is 1240. The van der Waals surface area contributed by atoms with Crippen LogP contribution in [0.2, 0.25) is 0 Å². The normalized spacial score (nSPS) is 10.2. The number of nitrogens with zero attached hydrogens (tertiary/aromatic N) is 2. The third-order valence-corrected chi connectivity index (χ3v) is 6.93. The number of ether oxygens (including phenoxy) is 1. The molecule has 0 bridgehead atoms. The first kappa shape index (κ1) is 26.8. The first-order valence-electron chi connectivity index (χ1n) is 10.7. The number of methoxy groups -OCH3 is 1. The van der Waals surface area contributed by atoms with Gasteiger partial charge in [0.2, 0.25) is 5.75 Å². The topological polar surface area (TPSA) is 104 Å². The molecule has 8 nitrogen and oxygen atoms in total. The van der Waals surface area contributed by atoms with E-state index in [9.17, 15) is 0 Å². The summed E-state index contributed by atoms with van der Waals surface area (Å²) < 4.78 is 15.4. The molecule has 0 aliphatic heterocycles. The highest BCUT2D eigenvalue weighted by molar-refractivity contribution is 7.75. The molecule has 0 aliphatic carbocycles. The fourth-order valence-electron chi connectivity index (χ4n) is 3.12. The molecule has 35 heavy (non-hydrogen) atoms. The van der Waals surface area contributed by atoms with E-state index in [1.54, 1.807) is 12.1 Å². The summed E-state index contributed by atoms with van der Waals surface area (Å²) in [5, 5.41) is 9.96. The number of aromatic nitrogens is 2. The zero-order chi connectivity index (χ0) is 25.4. The molecular weight excluding hydrogens is 523 g/mol. The lowest BCUT2D eigenvalue weighted by Gasteiger charge is -2.12. The van der Waals surface area contributed by atoms with Crippen LogP contribution in [0.4, 0.5) is 22.3 Å². The predicted molar refractivity (Wildman–Crippen MR) is 154 cm³/mol. The van der Waals surface area contributed by atoms with Crippen LogP contribution in [-0.4, -0.2) is 23.6 Å². The molecule has 0 unspecified atom stereocenters. The van der Waals surface area contributed by atoms with Crippen LogP contribution < -0.4 is 29.5 Å². The fourth-order valence-corrected chi connectivity index (χ4v) is 5.27. The molecule has 0 fully saturated rings. The van der Waals surface area contributed by atoms with Crippen LogP contribution in [0.1, 0.15) is 20.8 Å². The molecule has 4 N–H and O–H groups in total. The molecule has 2 aromatic carbocycles. The van der Waals surface area contributed by atoms with E-state index in [1.165, 1.54) is 29.8 Å². The van der Waals surface area contributed by atoms with Crippen LogP contribution in [-0.2, 0) is 0 Å². The van der Waals surface area contributed by atoms with Gasteiger partial charge in [0.1, 0.15) is 15.7 Å². The maximum absolute atomic E-state index is 6.22. The average Bonchev–Trinajstić information content (AvgIpc) is 3.51. The van der Waals surface area contributed by atoms with E-state index in [-0.39, 0.29) is 0 Å². The Balaban J connectivity index is 0.00000167. The molecule has 0 spiro atoms. The van der Waals surface area contributed by atoms with Crippen molar-refractivity contribution in [3.63, 3.8) is 0 Å². The standard InChI is InChI=1S/C21H21N5O3S4.C2H6/c1-3-23-12-6-4-5-11(7-12)14-10-32-20(25-14)18-19(22)26-21(33-18)24-13-8-15(27-2)17(29-31)16(9-13)28-30;1-2/h4-10,23,30-31H,3,22H2,1-2H3,(H,24,26);1-2H3. The van der Waals surface area contributed by atoms with Crippen molar-refractivity contribution in [2.75, 3.05) is 30.0 Å². The lowest BCUT2D eigenvalue weighted by Crippen LogP contribution is -1.95. The van der Waals surface area contributed by atoms with Gasteiger partial charge in [0.25, 0.3) is 0 Å². The fraction of sp³-hybridized carbons (Fsp3) is 0.217. The average molecular weight is 550 g/mol. The smallest absolute Gasteiger partial charge is 0.222 e. The van der Waals surface area contributed by atoms with E-state index in [0.29, 0.717) is 33.9 Å². The summed E-state index contributed by atoms with van der Waals surface area (Å²) in [5.74, 6) is 1.48. The monoisotopic (exact) mass is 549 g/mol. The second kappa shape index (κ2) is 12.8. The molecule has 0 atom stereocenters. The Kier molecular flexibility index (Phi) is 9.78. The van der Waals surface area contributed by atoms with Crippen LogP contribution in [0.25, 0.3) is 21.1 Å². The van der Waals surface area contributed by atoms with Crippen molar-refractivity contribution in [3.05, 3.63) is 41.8 Å². The first-order valence-corrected chi connectivity index (χ1v) is 13.2. The second-order valence-electron chi connectivity index (χ2n) is 6.70. The van der Waals surface area contributed by atoms with Crippen LogP contribution in [0, 0.1) is 0 Å². The Hall–Kier alpha value is -2.80. The highest BCUT2D eigenvalue weighted by Gasteiger charge is 2.18. The van der Waals surface area contributed by atoms with Gasteiger partial charge in [-0.3, -0.25) is 0 Å². The number of benzene rings is 2. The van der Waals surface area contributed by atoms with Gasteiger partial charge in [0, 0.05) is 66.8 Å². The highest BCUT2D eigenvalue weighted by Crippen LogP contribution is 2.44. The van der Waals surface area contributed by atoms with Gasteiger partial charge in [-0.15, -0.1) is 11.3 Å². The summed E-state index contributed by atoms with van der Waals surface area (Å²) in [6.45, 7) is 6.92. The molecule has 2 aromatic heterocycles. The predicted octanol–water partition coefficient (Wildman–Crippen LogP) is 7.17. The van der Waals surface area contributed by atoms with Gasteiger partial charge in [-0.25, -0.2) is 9.97 Å². The number of rotatable bonds is 9. The van der Waals surface area contributed by atoms with Gasteiger partial charge < -0.3 is 29.5 Å². The number of hydrogen-bond donors (Lipinski definition) is 5. The van der Waals surface area contributed by atoms with Crippen molar-refractivity contribution in [3.8, 4) is 38.4 Å². The Labute approximate surface area is 224 Å². The van der Waals surface area contributed by atoms with Crippen LogP contribution in [0.5, 0.6) is 17.2 Å². The van der Waals surface area contributed by atoms with E-state index >= 15 is 0 Å². The highest BCUT2D eigenvalue weighted by atomic mass is 32.1. The molecule has 0 saturated heterocycles. The zero-order valence-electron chi connectivity index (χ0n) is 19.7. The molecular formula is C23H27N5O3S4. The number of nitrogen functional groups attached to an aromatic ring is 1. The van der Waals surface area contributed by atoms with Gasteiger partial charge in [0.05, 0.1) is 12.8 Å². The van der Waals surface area contributed by atoms with Gasteiger partial charge >= 0.3 is 0 Å². The van der Waals surface area contributed by atoms with Gasteiger partial charge in [-0.2, -0.15) is 0 Å². The first-order chi connectivity index (χ1) is 17.1. The number of anilines is 4. The minimum atomic E-state index is 0.314. The molecule has 0 amide bonds. The van der Waals surface area contributed by atoms with Crippen LogP contribution in [0.3, 0.4) is 0 Å². The molecule has 0 aliphatic rings. The number of thiol groups is 2. The summed E-state index contributed by atoms with van der Waals surface area (Å²) in [6, 6.07) is 11.6. The Morgan fingerprint density at radius 2 is 1.80 bits per heavy atom. The third kappa shape index (κ3) is 6.26. The number of hydrogen-bond acceptors (Lipinski definition) is 12. The number of nitrogens with one attached hydrogen (secondary N) is 2. The second-order valence-corrected chi connectivity index (χ2v) is 8.92. The van der Waals surface area contributed by atoms with E-state index in [0.717, 1.165) is 33.4 Å². The molecule has 4 aromatic rings. The molecule has 186 valence electrons. The maximum atomic E-state index is 6.22. The van der Waals surface area contributed by atoms with E-state index < -0.39 is 0 Å². The number of thiazole rings is 2. The zero-order valence-corrected chi connectivity index (χ0v) is 23.1. The Morgan fingerprint density at radius 1 is 1.03 bits per heavy atom. The summed E-state index contributed by atoms with van der Waals surface area (Å²) >= 11 is 10.6. The lowest BCUT2D eigenvalue weighted by molar-refractivity contribution is 0.396. The summed E-state index contributed by atoms with van der Waals surface area (Å²) in [4.78, 5) is 10.0. The summed E-state index contributed by atoms with van der Waals surface area (Å²) in [6.07, 6.45) is 0. The van der Waals surface area contributed by atoms with Crippen LogP contribution in [0.15, 0.2) is 41.8 Å². The van der Waals surface area contributed by atoms with Gasteiger partial charge in [0.15, 0.2) is 16.6 Å². The van der Waals surface area contributed by atoms with Crippen molar-refractivity contribution in [1.29, 1.82) is 0 Å². The van der Waals surface area contributed by atoms with E-state index in [1.807, 2.05) is 37.4 Å². The minimum Gasteiger partial charge on any atom is -0.493 e. The van der Waals surface area contributed by atoms with Gasteiger partial charge in [-0.05, 0) is 19.1 Å². The molecule has 0 saturated carbocycles.